The Hall–Kier alpha value is -1.12. The van der Waals surface area contributed by atoms with Crippen molar-refractivity contribution in [2.45, 2.75) is 12.6 Å². The highest BCUT2D eigenvalue weighted by atomic mass is 19.1. The molecule has 3 heteroatoms. The third-order valence-corrected chi connectivity index (χ3v) is 2.07. The van der Waals surface area contributed by atoms with E-state index in [0.29, 0.717) is 24.2 Å². The fourth-order valence-corrected chi connectivity index (χ4v) is 1.44. The van der Waals surface area contributed by atoms with E-state index in [1.165, 1.54) is 18.2 Å². The maximum Gasteiger partial charge on any atom is 0.129 e. The number of halogens is 2. The second-order valence-corrected chi connectivity index (χ2v) is 2.91. The summed E-state index contributed by atoms with van der Waals surface area (Å²) in [6.45, 7) is 0.581. The quantitative estimate of drug-likeness (QED) is 0.629. The minimum absolute atomic E-state index is 0.324. The van der Waals surface area contributed by atoms with E-state index in [0.717, 1.165) is 0 Å². The van der Waals surface area contributed by atoms with Gasteiger partial charge in [0.1, 0.15) is 12.0 Å². The number of hydrogen-bond acceptors (Lipinski definition) is 1. The van der Waals surface area contributed by atoms with Crippen LogP contribution in [0.25, 0.3) is 0 Å². The Morgan fingerprint density at radius 2 is 2.25 bits per heavy atom. The van der Waals surface area contributed by atoms with Crippen molar-refractivity contribution in [3.8, 4) is 0 Å². The molecule has 1 aromatic rings. The van der Waals surface area contributed by atoms with Gasteiger partial charge in [-0.25, -0.2) is 8.78 Å². The SMILES string of the molecule is Fc1ccc2c(c1)NCCC2F. The molecule has 1 nitrogen and oxygen atoms in total. The second-order valence-electron chi connectivity index (χ2n) is 2.91. The van der Waals surface area contributed by atoms with Gasteiger partial charge >= 0.3 is 0 Å². The van der Waals surface area contributed by atoms with Crippen LogP contribution in [0.15, 0.2) is 18.2 Å². The number of anilines is 1. The van der Waals surface area contributed by atoms with Crippen molar-refractivity contribution < 1.29 is 8.78 Å². The Bertz CT molecular complexity index is 299. The van der Waals surface area contributed by atoms with Crippen molar-refractivity contribution in [1.29, 1.82) is 0 Å². The van der Waals surface area contributed by atoms with Gasteiger partial charge in [-0.15, -0.1) is 0 Å². The van der Waals surface area contributed by atoms with Crippen molar-refractivity contribution in [2.24, 2.45) is 0 Å². The molecule has 1 aliphatic rings. The summed E-state index contributed by atoms with van der Waals surface area (Å²) in [7, 11) is 0. The Kier molecular flexibility index (Phi) is 1.71. The molecule has 64 valence electrons. The van der Waals surface area contributed by atoms with Gasteiger partial charge in [-0.3, -0.25) is 0 Å². The molecule has 12 heavy (non-hydrogen) atoms. The minimum Gasteiger partial charge on any atom is -0.385 e. The van der Waals surface area contributed by atoms with Gasteiger partial charge in [-0.1, -0.05) is 6.07 Å². The maximum absolute atomic E-state index is 13.1. The summed E-state index contributed by atoms with van der Waals surface area (Å²) in [5.41, 5.74) is 1.16. The van der Waals surface area contributed by atoms with Crippen LogP contribution >= 0.6 is 0 Å². The van der Waals surface area contributed by atoms with Crippen molar-refractivity contribution in [3.05, 3.63) is 29.6 Å². The van der Waals surface area contributed by atoms with Crippen molar-refractivity contribution in [3.63, 3.8) is 0 Å². The molecule has 0 radical (unpaired) electrons. The van der Waals surface area contributed by atoms with Gasteiger partial charge in [0, 0.05) is 24.2 Å². The van der Waals surface area contributed by atoms with E-state index in [9.17, 15) is 8.78 Å². The number of benzene rings is 1. The zero-order valence-electron chi connectivity index (χ0n) is 6.48. The monoisotopic (exact) mass is 169 g/mol. The summed E-state index contributed by atoms with van der Waals surface area (Å²) in [6.07, 6.45) is -0.472. The molecule has 0 saturated carbocycles. The molecule has 0 spiro atoms. The van der Waals surface area contributed by atoms with Crippen LogP contribution in [0.3, 0.4) is 0 Å². The summed E-state index contributed by atoms with van der Waals surface area (Å²) in [5.74, 6) is -0.324. The minimum atomic E-state index is -0.943. The molecule has 1 aromatic carbocycles. The largest absolute Gasteiger partial charge is 0.385 e. The van der Waals surface area contributed by atoms with Crippen molar-refractivity contribution >= 4 is 5.69 Å². The molecule has 0 aromatic heterocycles. The van der Waals surface area contributed by atoms with Crippen LogP contribution in [0.4, 0.5) is 14.5 Å². The molecular formula is C9H9F2N. The lowest BCUT2D eigenvalue weighted by atomic mass is 10.0. The predicted octanol–water partition coefficient (Wildman–Crippen LogP) is 2.65. The van der Waals surface area contributed by atoms with Crippen LogP contribution in [0.1, 0.15) is 18.2 Å². The van der Waals surface area contributed by atoms with Crippen molar-refractivity contribution in [2.75, 3.05) is 11.9 Å². The van der Waals surface area contributed by atoms with E-state index in [-0.39, 0.29) is 5.82 Å². The molecule has 1 unspecified atom stereocenters. The third kappa shape index (κ3) is 1.15. The molecule has 0 fully saturated rings. The Balaban J connectivity index is 2.46. The Morgan fingerprint density at radius 1 is 1.42 bits per heavy atom. The number of alkyl halides is 1. The zero-order chi connectivity index (χ0) is 8.55. The maximum atomic E-state index is 13.1. The highest BCUT2D eigenvalue weighted by Crippen LogP contribution is 2.32. The highest BCUT2D eigenvalue weighted by Gasteiger charge is 2.18. The number of rotatable bonds is 0. The van der Waals surface area contributed by atoms with Gasteiger partial charge in [0.2, 0.25) is 0 Å². The zero-order valence-corrected chi connectivity index (χ0v) is 6.48. The first kappa shape index (κ1) is 7.53. The lowest BCUT2D eigenvalue weighted by molar-refractivity contribution is 0.324. The smallest absolute Gasteiger partial charge is 0.129 e. The highest BCUT2D eigenvalue weighted by molar-refractivity contribution is 5.54. The van der Waals surface area contributed by atoms with E-state index in [1.54, 1.807) is 0 Å². The normalized spacial score (nSPS) is 21.3. The van der Waals surface area contributed by atoms with Gasteiger partial charge in [0.25, 0.3) is 0 Å². The van der Waals surface area contributed by atoms with Crippen LogP contribution in [-0.2, 0) is 0 Å². The van der Waals surface area contributed by atoms with Gasteiger partial charge in [-0.2, -0.15) is 0 Å². The molecule has 0 saturated heterocycles. The number of fused-ring (bicyclic) bond motifs is 1. The van der Waals surface area contributed by atoms with Crippen LogP contribution in [0.5, 0.6) is 0 Å². The summed E-state index contributed by atoms with van der Waals surface area (Å²) < 4.78 is 25.8. The van der Waals surface area contributed by atoms with E-state index >= 15 is 0 Å². The molecular weight excluding hydrogens is 160 g/mol. The Labute approximate surface area is 69.4 Å². The molecule has 0 bridgehead atoms. The summed E-state index contributed by atoms with van der Waals surface area (Å²) >= 11 is 0. The van der Waals surface area contributed by atoms with Gasteiger partial charge in [0.05, 0.1) is 0 Å². The second kappa shape index (κ2) is 2.73. The summed E-state index contributed by atoms with van der Waals surface area (Å²) in [4.78, 5) is 0. The molecule has 2 rings (SSSR count). The summed E-state index contributed by atoms with van der Waals surface area (Å²) in [5, 5.41) is 2.95. The van der Waals surface area contributed by atoms with E-state index in [2.05, 4.69) is 5.32 Å². The molecule has 1 aliphatic heterocycles. The summed E-state index contributed by atoms with van der Waals surface area (Å²) in [6, 6.07) is 4.13. The first-order chi connectivity index (χ1) is 5.77. The lowest BCUT2D eigenvalue weighted by Crippen LogP contribution is -2.14. The number of hydrogen-bond donors (Lipinski definition) is 1. The van der Waals surface area contributed by atoms with E-state index < -0.39 is 6.17 Å². The average molecular weight is 169 g/mol. The van der Waals surface area contributed by atoms with Gasteiger partial charge in [0.15, 0.2) is 0 Å². The van der Waals surface area contributed by atoms with Crippen LogP contribution in [0, 0.1) is 5.82 Å². The molecule has 1 heterocycles. The topological polar surface area (TPSA) is 12.0 Å². The van der Waals surface area contributed by atoms with Crippen molar-refractivity contribution in [1.82, 2.24) is 0 Å². The standard InChI is InChI=1S/C9H9F2N/c10-6-1-2-7-8(11)3-4-12-9(7)5-6/h1-2,5,8,12H,3-4H2. The fraction of sp³-hybridized carbons (Fsp3) is 0.333. The van der Waals surface area contributed by atoms with Crippen LogP contribution < -0.4 is 5.32 Å². The predicted molar refractivity (Wildman–Crippen MR) is 43.4 cm³/mol. The fourth-order valence-electron chi connectivity index (χ4n) is 1.44. The van der Waals surface area contributed by atoms with Crippen LogP contribution in [-0.4, -0.2) is 6.54 Å². The molecule has 0 aliphatic carbocycles. The first-order valence-electron chi connectivity index (χ1n) is 3.95. The Morgan fingerprint density at radius 3 is 3.08 bits per heavy atom. The van der Waals surface area contributed by atoms with E-state index in [4.69, 9.17) is 0 Å². The first-order valence-corrected chi connectivity index (χ1v) is 3.95. The van der Waals surface area contributed by atoms with Gasteiger partial charge in [-0.05, 0) is 12.1 Å². The number of nitrogens with one attached hydrogen (secondary N) is 1. The van der Waals surface area contributed by atoms with E-state index in [1.807, 2.05) is 0 Å². The molecule has 1 N–H and O–H groups in total. The lowest BCUT2D eigenvalue weighted by Gasteiger charge is -2.20. The third-order valence-electron chi connectivity index (χ3n) is 2.07. The molecule has 0 amide bonds. The van der Waals surface area contributed by atoms with Crippen LogP contribution in [0.2, 0.25) is 0 Å². The molecule has 1 atom stereocenters. The average Bonchev–Trinajstić information content (AvgIpc) is 2.04. The van der Waals surface area contributed by atoms with Gasteiger partial charge < -0.3 is 5.32 Å².